The van der Waals surface area contributed by atoms with Gasteiger partial charge in [-0.2, -0.15) is 5.26 Å². The number of rotatable bonds is 4. The molecule has 0 bridgehead atoms. The first-order valence-electron chi connectivity index (χ1n) is 10.4. The van der Waals surface area contributed by atoms with Gasteiger partial charge in [-0.3, -0.25) is 4.90 Å². The number of aromatic nitrogens is 1. The standard InChI is InChI=1S/C23H26Cl2N4OS/c1-23(2)11-16-17(12-26)22(31-14-15-4-5-19(24)20(25)10-15)27-21(18(16)13-28(23)3)29-6-8-30-9-7-29/h4-5,10H,6-9,11,13-14H2,1-3H3. The lowest BCUT2D eigenvalue weighted by molar-refractivity contribution is 0.120. The molecule has 2 aliphatic rings. The molecule has 0 spiro atoms. The zero-order valence-electron chi connectivity index (χ0n) is 18.0. The zero-order chi connectivity index (χ0) is 22.2. The molecular weight excluding hydrogens is 451 g/mol. The summed E-state index contributed by atoms with van der Waals surface area (Å²) in [6.45, 7) is 8.27. The van der Waals surface area contributed by atoms with Crippen molar-refractivity contribution in [1.29, 1.82) is 5.26 Å². The Bertz CT molecular complexity index is 1030. The molecular formula is C23H26Cl2N4OS. The summed E-state index contributed by atoms with van der Waals surface area (Å²) >= 11 is 13.8. The van der Waals surface area contributed by atoms with E-state index in [-0.39, 0.29) is 5.54 Å². The predicted molar refractivity (Wildman–Crippen MR) is 127 cm³/mol. The zero-order valence-corrected chi connectivity index (χ0v) is 20.4. The normalized spacial score (nSPS) is 18.5. The Kier molecular flexibility index (Phi) is 6.71. The molecule has 2 aliphatic heterocycles. The van der Waals surface area contributed by atoms with Crippen molar-refractivity contribution in [2.45, 2.75) is 43.1 Å². The fourth-order valence-corrected chi connectivity index (χ4v) is 5.32. The van der Waals surface area contributed by atoms with Gasteiger partial charge in [0.25, 0.3) is 0 Å². The Labute approximate surface area is 198 Å². The van der Waals surface area contributed by atoms with E-state index in [4.69, 9.17) is 32.9 Å². The molecule has 0 amide bonds. The lowest BCUT2D eigenvalue weighted by atomic mass is 9.84. The third kappa shape index (κ3) is 4.67. The second kappa shape index (κ2) is 9.17. The number of fused-ring (bicyclic) bond motifs is 1. The first kappa shape index (κ1) is 22.7. The summed E-state index contributed by atoms with van der Waals surface area (Å²) in [6, 6.07) is 8.12. The number of anilines is 1. The molecule has 164 valence electrons. The van der Waals surface area contributed by atoms with E-state index in [1.165, 1.54) is 5.56 Å². The van der Waals surface area contributed by atoms with Crippen molar-refractivity contribution < 1.29 is 4.74 Å². The van der Waals surface area contributed by atoms with Crippen LogP contribution in [0.3, 0.4) is 0 Å². The molecule has 5 nitrogen and oxygen atoms in total. The molecule has 0 unspecified atom stereocenters. The molecule has 1 aromatic carbocycles. The highest BCUT2D eigenvalue weighted by atomic mass is 35.5. The Morgan fingerprint density at radius 1 is 1.19 bits per heavy atom. The topological polar surface area (TPSA) is 52.4 Å². The summed E-state index contributed by atoms with van der Waals surface area (Å²) in [7, 11) is 2.14. The summed E-state index contributed by atoms with van der Waals surface area (Å²) in [4.78, 5) is 9.70. The van der Waals surface area contributed by atoms with Crippen LogP contribution in [0.5, 0.6) is 0 Å². The van der Waals surface area contributed by atoms with Gasteiger partial charge in [0.15, 0.2) is 0 Å². The fourth-order valence-electron chi connectivity index (χ4n) is 4.05. The average Bonchev–Trinajstić information content (AvgIpc) is 2.75. The van der Waals surface area contributed by atoms with Crippen LogP contribution < -0.4 is 4.90 Å². The number of benzene rings is 1. The summed E-state index contributed by atoms with van der Waals surface area (Å²) in [6.07, 6.45) is 0.821. The third-order valence-corrected chi connectivity index (χ3v) is 7.96. The second-order valence-corrected chi connectivity index (χ2v) is 10.4. The van der Waals surface area contributed by atoms with Gasteiger partial charge in [0.05, 0.1) is 28.8 Å². The summed E-state index contributed by atoms with van der Waals surface area (Å²) < 4.78 is 5.56. The van der Waals surface area contributed by atoms with E-state index in [1.807, 2.05) is 18.2 Å². The first-order valence-corrected chi connectivity index (χ1v) is 12.1. The van der Waals surface area contributed by atoms with Gasteiger partial charge in [-0.1, -0.05) is 29.3 Å². The van der Waals surface area contributed by atoms with Gasteiger partial charge < -0.3 is 9.64 Å². The van der Waals surface area contributed by atoms with E-state index in [0.717, 1.165) is 48.0 Å². The molecule has 1 aromatic heterocycles. The molecule has 4 rings (SSSR count). The van der Waals surface area contributed by atoms with E-state index >= 15 is 0 Å². The number of halogens is 2. The van der Waals surface area contributed by atoms with Crippen LogP contribution in [0, 0.1) is 11.3 Å². The molecule has 0 radical (unpaired) electrons. The van der Waals surface area contributed by atoms with Crippen molar-refractivity contribution >= 4 is 40.8 Å². The fraction of sp³-hybridized carbons (Fsp3) is 0.478. The van der Waals surface area contributed by atoms with Crippen LogP contribution in [0.4, 0.5) is 5.82 Å². The minimum absolute atomic E-state index is 0.0200. The van der Waals surface area contributed by atoms with Crippen molar-refractivity contribution in [3.63, 3.8) is 0 Å². The number of morpholine rings is 1. The molecule has 31 heavy (non-hydrogen) atoms. The number of thioether (sulfide) groups is 1. The van der Waals surface area contributed by atoms with E-state index in [0.29, 0.717) is 34.6 Å². The van der Waals surface area contributed by atoms with Crippen LogP contribution >= 0.6 is 35.0 Å². The Balaban J connectivity index is 1.75. The summed E-state index contributed by atoms with van der Waals surface area (Å²) in [5, 5.41) is 12.0. The van der Waals surface area contributed by atoms with Crippen molar-refractivity contribution in [2.75, 3.05) is 38.3 Å². The van der Waals surface area contributed by atoms with Gasteiger partial charge in [0.1, 0.15) is 16.9 Å². The molecule has 8 heteroatoms. The van der Waals surface area contributed by atoms with Gasteiger partial charge in [-0.25, -0.2) is 4.98 Å². The van der Waals surface area contributed by atoms with Gasteiger partial charge in [-0.15, -0.1) is 11.8 Å². The number of likely N-dealkylation sites (N-methyl/N-ethyl adjacent to an activating group) is 1. The Morgan fingerprint density at radius 2 is 1.94 bits per heavy atom. The van der Waals surface area contributed by atoms with Crippen LogP contribution in [0.25, 0.3) is 0 Å². The van der Waals surface area contributed by atoms with Gasteiger partial charge in [0.2, 0.25) is 0 Å². The van der Waals surface area contributed by atoms with E-state index in [1.54, 1.807) is 11.8 Å². The highest BCUT2D eigenvalue weighted by Gasteiger charge is 2.36. The molecule has 0 aliphatic carbocycles. The number of nitriles is 1. The van der Waals surface area contributed by atoms with Gasteiger partial charge in [-0.05, 0) is 50.6 Å². The smallest absolute Gasteiger partial charge is 0.134 e. The van der Waals surface area contributed by atoms with Crippen LogP contribution in [0.2, 0.25) is 10.0 Å². The molecule has 0 N–H and O–H groups in total. The minimum atomic E-state index is -0.0200. The maximum Gasteiger partial charge on any atom is 0.134 e. The van der Waals surface area contributed by atoms with Crippen molar-refractivity contribution in [1.82, 2.24) is 9.88 Å². The van der Waals surface area contributed by atoms with E-state index in [9.17, 15) is 5.26 Å². The quantitative estimate of drug-likeness (QED) is 0.568. The largest absolute Gasteiger partial charge is 0.378 e. The minimum Gasteiger partial charge on any atom is -0.378 e. The molecule has 3 heterocycles. The number of pyridine rings is 1. The van der Waals surface area contributed by atoms with Gasteiger partial charge in [0, 0.05) is 36.5 Å². The number of ether oxygens (including phenoxy) is 1. The van der Waals surface area contributed by atoms with Crippen LogP contribution in [0.15, 0.2) is 23.2 Å². The highest BCUT2D eigenvalue weighted by Crippen LogP contribution is 2.40. The Hall–Kier alpha value is -1.49. The second-order valence-electron chi connectivity index (χ2n) is 8.67. The van der Waals surface area contributed by atoms with Crippen molar-refractivity contribution in [3.05, 3.63) is 50.5 Å². The Morgan fingerprint density at radius 3 is 2.61 bits per heavy atom. The summed E-state index contributed by atoms with van der Waals surface area (Å²) in [5.41, 5.74) is 4.06. The molecule has 0 atom stereocenters. The lowest BCUT2D eigenvalue weighted by Gasteiger charge is -2.43. The van der Waals surface area contributed by atoms with Gasteiger partial charge >= 0.3 is 0 Å². The first-order chi connectivity index (χ1) is 14.8. The van der Waals surface area contributed by atoms with Crippen LogP contribution in [-0.4, -0.2) is 48.8 Å². The SMILES string of the molecule is CN1Cc2c(N3CCOCC3)nc(SCc3ccc(Cl)c(Cl)c3)c(C#N)c2CC1(C)C. The van der Waals surface area contributed by atoms with Crippen molar-refractivity contribution in [3.8, 4) is 6.07 Å². The maximum absolute atomic E-state index is 10.1. The number of hydrogen-bond acceptors (Lipinski definition) is 6. The number of hydrogen-bond donors (Lipinski definition) is 0. The van der Waals surface area contributed by atoms with Crippen LogP contribution in [0.1, 0.15) is 36.1 Å². The monoisotopic (exact) mass is 476 g/mol. The van der Waals surface area contributed by atoms with E-state index < -0.39 is 0 Å². The average molecular weight is 477 g/mol. The predicted octanol–water partition coefficient (Wildman–Crippen LogP) is 5.16. The van der Waals surface area contributed by atoms with Crippen LogP contribution in [-0.2, 0) is 23.5 Å². The summed E-state index contributed by atoms with van der Waals surface area (Å²) in [5.74, 6) is 1.67. The van der Waals surface area contributed by atoms with Crippen molar-refractivity contribution in [2.24, 2.45) is 0 Å². The molecule has 1 saturated heterocycles. The maximum atomic E-state index is 10.1. The molecule has 2 aromatic rings. The highest BCUT2D eigenvalue weighted by molar-refractivity contribution is 7.98. The number of nitrogens with zero attached hydrogens (tertiary/aromatic N) is 4. The third-order valence-electron chi connectivity index (χ3n) is 6.18. The molecule has 1 fully saturated rings. The lowest BCUT2D eigenvalue weighted by Crippen LogP contribution is -2.47. The molecule has 0 saturated carbocycles. The van der Waals surface area contributed by atoms with E-state index in [2.05, 4.69) is 36.8 Å².